The summed E-state index contributed by atoms with van der Waals surface area (Å²) >= 11 is 0. The molecule has 0 amide bonds. The second-order valence-corrected chi connectivity index (χ2v) is 4.20. The highest BCUT2D eigenvalue weighted by Gasteiger charge is 2.04. The molecular formula is C14H18N4. The van der Waals surface area contributed by atoms with Gasteiger partial charge in [-0.3, -0.25) is 4.98 Å². The van der Waals surface area contributed by atoms with Crippen molar-refractivity contribution in [1.29, 1.82) is 0 Å². The molecule has 0 atom stereocenters. The molecule has 0 bridgehead atoms. The maximum Gasteiger partial charge on any atom is 0.134 e. The Hall–Kier alpha value is -1.81. The van der Waals surface area contributed by atoms with Crippen molar-refractivity contribution in [2.24, 2.45) is 0 Å². The van der Waals surface area contributed by atoms with Gasteiger partial charge in [0.25, 0.3) is 0 Å². The predicted molar refractivity (Wildman–Crippen MR) is 71.2 cm³/mol. The second-order valence-electron chi connectivity index (χ2n) is 4.20. The molecule has 4 heteroatoms. The van der Waals surface area contributed by atoms with Crippen LogP contribution in [0.25, 0.3) is 0 Å². The lowest BCUT2D eigenvalue weighted by Crippen LogP contribution is -2.14. The summed E-state index contributed by atoms with van der Waals surface area (Å²) in [5.41, 5.74) is 3.04. The molecule has 18 heavy (non-hydrogen) atoms. The maximum atomic E-state index is 4.55. The van der Waals surface area contributed by atoms with Gasteiger partial charge in [-0.2, -0.15) is 0 Å². The lowest BCUT2D eigenvalue weighted by molar-refractivity contribution is 0.700. The first kappa shape index (κ1) is 12.6. The maximum absolute atomic E-state index is 4.55. The van der Waals surface area contributed by atoms with E-state index in [1.165, 1.54) is 0 Å². The summed E-state index contributed by atoms with van der Waals surface area (Å²) in [7, 11) is 0. The molecule has 0 aliphatic heterocycles. The Bertz CT molecular complexity index is 496. The highest BCUT2D eigenvalue weighted by molar-refractivity contribution is 5.15. The van der Waals surface area contributed by atoms with Crippen molar-refractivity contribution in [1.82, 2.24) is 20.3 Å². The fourth-order valence-corrected chi connectivity index (χ4v) is 1.79. The minimum absolute atomic E-state index is 0.682. The summed E-state index contributed by atoms with van der Waals surface area (Å²) in [5.74, 6) is 0.835. The smallest absolute Gasteiger partial charge is 0.134 e. The van der Waals surface area contributed by atoms with E-state index < -0.39 is 0 Å². The number of pyridine rings is 1. The van der Waals surface area contributed by atoms with Crippen LogP contribution in [0.15, 0.2) is 30.5 Å². The van der Waals surface area contributed by atoms with E-state index in [2.05, 4.69) is 27.2 Å². The van der Waals surface area contributed by atoms with Gasteiger partial charge in [-0.1, -0.05) is 13.0 Å². The number of aromatic nitrogens is 3. The summed E-state index contributed by atoms with van der Waals surface area (Å²) in [6, 6.07) is 7.91. The Kier molecular flexibility index (Phi) is 4.36. The molecule has 2 aromatic rings. The molecule has 0 saturated carbocycles. The lowest BCUT2D eigenvalue weighted by Gasteiger charge is -2.06. The number of nitrogens with one attached hydrogen (secondary N) is 1. The van der Waals surface area contributed by atoms with Crippen molar-refractivity contribution in [2.75, 3.05) is 6.54 Å². The molecule has 0 radical (unpaired) electrons. The molecule has 2 heterocycles. The standard InChI is InChI=1S/C14H18N4/c1-3-15-10-13-8-11(2)17-14(18-13)9-12-6-4-5-7-16-12/h4-8,15H,3,9-10H2,1-2H3. The third-order valence-electron chi connectivity index (χ3n) is 2.58. The van der Waals surface area contributed by atoms with Crippen molar-refractivity contribution in [2.45, 2.75) is 26.8 Å². The normalized spacial score (nSPS) is 10.6. The second kappa shape index (κ2) is 6.21. The molecular weight excluding hydrogens is 224 g/mol. The number of hydrogen-bond acceptors (Lipinski definition) is 4. The first-order chi connectivity index (χ1) is 8.78. The highest BCUT2D eigenvalue weighted by atomic mass is 14.9. The zero-order valence-electron chi connectivity index (χ0n) is 10.8. The fourth-order valence-electron chi connectivity index (χ4n) is 1.79. The molecule has 0 aliphatic carbocycles. The van der Waals surface area contributed by atoms with Gasteiger partial charge in [0.2, 0.25) is 0 Å². The monoisotopic (exact) mass is 242 g/mol. The van der Waals surface area contributed by atoms with Crippen molar-refractivity contribution >= 4 is 0 Å². The van der Waals surface area contributed by atoms with Crippen LogP contribution in [0.5, 0.6) is 0 Å². The Labute approximate surface area is 108 Å². The van der Waals surface area contributed by atoms with E-state index in [0.717, 1.165) is 36.0 Å². The van der Waals surface area contributed by atoms with Crippen LogP contribution in [0.4, 0.5) is 0 Å². The molecule has 4 nitrogen and oxygen atoms in total. The van der Waals surface area contributed by atoms with Crippen molar-refractivity contribution in [3.63, 3.8) is 0 Å². The van der Waals surface area contributed by atoms with Gasteiger partial charge in [-0.05, 0) is 31.7 Å². The average Bonchev–Trinajstić information content (AvgIpc) is 2.37. The first-order valence-corrected chi connectivity index (χ1v) is 6.22. The third-order valence-corrected chi connectivity index (χ3v) is 2.58. The van der Waals surface area contributed by atoms with Crippen LogP contribution in [0.3, 0.4) is 0 Å². The first-order valence-electron chi connectivity index (χ1n) is 6.22. The van der Waals surface area contributed by atoms with Gasteiger partial charge in [0, 0.05) is 24.1 Å². The van der Waals surface area contributed by atoms with Crippen LogP contribution in [-0.2, 0) is 13.0 Å². The van der Waals surface area contributed by atoms with Gasteiger partial charge in [-0.15, -0.1) is 0 Å². The number of rotatable bonds is 5. The zero-order chi connectivity index (χ0) is 12.8. The van der Waals surface area contributed by atoms with E-state index in [1.807, 2.05) is 31.2 Å². The van der Waals surface area contributed by atoms with Crippen LogP contribution in [0.1, 0.15) is 29.8 Å². The van der Waals surface area contributed by atoms with E-state index in [9.17, 15) is 0 Å². The number of hydrogen-bond donors (Lipinski definition) is 1. The van der Waals surface area contributed by atoms with Gasteiger partial charge in [0.1, 0.15) is 5.82 Å². The fraction of sp³-hybridized carbons (Fsp3) is 0.357. The average molecular weight is 242 g/mol. The summed E-state index contributed by atoms with van der Waals surface area (Å²) in [6.45, 7) is 5.82. The van der Waals surface area contributed by atoms with Crippen LogP contribution in [0.2, 0.25) is 0 Å². The van der Waals surface area contributed by atoms with Crippen molar-refractivity contribution in [3.8, 4) is 0 Å². The minimum Gasteiger partial charge on any atom is -0.311 e. The SMILES string of the molecule is CCNCc1cc(C)nc(Cc2ccccn2)n1. The largest absolute Gasteiger partial charge is 0.311 e. The van der Waals surface area contributed by atoms with Crippen LogP contribution in [-0.4, -0.2) is 21.5 Å². The summed E-state index contributed by atoms with van der Waals surface area (Å²) in [5, 5.41) is 3.28. The molecule has 0 saturated heterocycles. The molecule has 2 rings (SSSR count). The van der Waals surface area contributed by atoms with E-state index in [-0.39, 0.29) is 0 Å². The Morgan fingerprint density at radius 1 is 1.17 bits per heavy atom. The molecule has 0 unspecified atom stereocenters. The van der Waals surface area contributed by atoms with Crippen molar-refractivity contribution < 1.29 is 0 Å². The van der Waals surface area contributed by atoms with E-state index in [0.29, 0.717) is 6.42 Å². The van der Waals surface area contributed by atoms with Gasteiger partial charge in [0.15, 0.2) is 0 Å². The third kappa shape index (κ3) is 3.60. The van der Waals surface area contributed by atoms with Gasteiger partial charge >= 0.3 is 0 Å². The van der Waals surface area contributed by atoms with E-state index in [4.69, 9.17) is 0 Å². The molecule has 0 spiro atoms. The Morgan fingerprint density at radius 3 is 2.78 bits per heavy atom. The molecule has 0 aliphatic rings. The predicted octanol–water partition coefficient (Wildman–Crippen LogP) is 1.88. The van der Waals surface area contributed by atoms with E-state index in [1.54, 1.807) is 6.20 Å². The van der Waals surface area contributed by atoms with Gasteiger partial charge in [0.05, 0.1) is 12.1 Å². The Morgan fingerprint density at radius 2 is 2.06 bits per heavy atom. The van der Waals surface area contributed by atoms with Crippen LogP contribution in [0, 0.1) is 6.92 Å². The number of aryl methyl sites for hydroxylation is 1. The zero-order valence-corrected chi connectivity index (χ0v) is 10.8. The number of nitrogens with zero attached hydrogens (tertiary/aromatic N) is 3. The van der Waals surface area contributed by atoms with E-state index >= 15 is 0 Å². The van der Waals surface area contributed by atoms with Gasteiger partial charge < -0.3 is 5.32 Å². The molecule has 0 aromatic carbocycles. The van der Waals surface area contributed by atoms with Crippen molar-refractivity contribution in [3.05, 3.63) is 53.4 Å². The topological polar surface area (TPSA) is 50.7 Å². The summed E-state index contributed by atoms with van der Waals surface area (Å²) in [6.07, 6.45) is 2.48. The van der Waals surface area contributed by atoms with Crippen LogP contribution >= 0.6 is 0 Å². The summed E-state index contributed by atoms with van der Waals surface area (Å²) < 4.78 is 0. The molecule has 2 aromatic heterocycles. The summed E-state index contributed by atoms with van der Waals surface area (Å²) in [4.78, 5) is 13.3. The lowest BCUT2D eigenvalue weighted by atomic mass is 10.2. The van der Waals surface area contributed by atoms with Gasteiger partial charge in [-0.25, -0.2) is 9.97 Å². The molecule has 94 valence electrons. The highest BCUT2D eigenvalue weighted by Crippen LogP contribution is 2.05. The van der Waals surface area contributed by atoms with Crippen LogP contribution < -0.4 is 5.32 Å². The molecule has 0 fully saturated rings. The molecule has 1 N–H and O–H groups in total. The quantitative estimate of drug-likeness (QED) is 0.869. The minimum atomic E-state index is 0.682. The Balaban J connectivity index is 2.15.